The minimum absolute atomic E-state index is 0. The summed E-state index contributed by atoms with van der Waals surface area (Å²) < 4.78 is 51.7. The molecule has 0 saturated carbocycles. The highest BCUT2D eigenvalue weighted by atomic mass is 79.9. The fourth-order valence-corrected chi connectivity index (χ4v) is 19.0. The molecule has 0 N–H and O–H groups in total. The van der Waals surface area contributed by atoms with Crippen LogP contribution in [0, 0.1) is 20.8 Å². The number of carbonyl (C=O) groups is 1. The van der Waals surface area contributed by atoms with E-state index in [2.05, 4.69) is 354 Å². The number of aldehydes is 1. The maximum absolute atomic E-state index is 13.0. The number of rotatable bonds is 26. The van der Waals surface area contributed by atoms with Crippen LogP contribution in [0.15, 0.2) is 327 Å². The maximum atomic E-state index is 13.0. The van der Waals surface area contributed by atoms with Crippen LogP contribution >= 0.6 is 79.8 Å². The van der Waals surface area contributed by atoms with Crippen molar-refractivity contribution in [1.29, 1.82) is 0 Å². The number of ether oxygens (including phenoxy) is 2. The van der Waals surface area contributed by atoms with E-state index in [1.165, 1.54) is 38.2 Å². The number of fused-ring (bicyclic) bond motifs is 4. The van der Waals surface area contributed by atoms with Gasteiger partial charge < -0.3 is 33.2 Å². The largest absolute Gasteiger partial charge is 0.337 e. The van der Waals surface area contributed by atoms with Crippen molar-refractivity contribution in [3.8, 4) is 0 Å². The molecule has 0 spiro atoms. The van der Waals surface area contributed by atoms with Crippen molar-refractivity contribution in [3.05, 3.63) is 383 Å². The highest BCUT2D eigenvalue weighted by molar-refractivity contribution is 9.11. The van der Waals surface area contributed by atoms with E-state index in [0.717, 1.165) is 125 Å². The average molecular weight is 1840 g/mol. The molecule has 0 fully saturated rings. The van der Waals surface area contributed by atoms with Crippen LogP contribution in [-0.2, 0) is 39.3 Å². The third-order valence-electron chi connectivity index (χ3n) is 19.7. The van der Waals surface area contributed by atoms with E-state index in [9.17, 15) is 13.9 Å². The van der Waals surface area contributed by atoms with Crippen molar-refractivity contribution in [1.82, 2.24) is 0 Å². The van der Waals surface area contributed by atoms with Crippen LogP contribution in [-0.4, -0.2) is 32.7 Å². The third-order valence-corrected chi connectivity index (χ3v) is 26.0. The lowest BCUT2D eigenvalue weighted by Crippen LogP contribution is -2.27. The summed E-state index contributed by atoms with van der Waals surface area (Å²) in [4.78, 5) is 17.6. The van der Waals surface area contributed by atoms with Crippen molar-refractivity contribution in [3.63, 3.8) is 0 Å². The normalized spacial score (nSPS) is 11.5. The molecule has 10 nitrogen and oxygen atoms in total. The number of benzene rings is 15. The summed E-state index contributed by atoms with van der Waals surface area (Å²) in [6.45, 7) is 15.0. The summed E-state index contributed by atoms with van der Waals surface area (Å²) in [6.07, 6.45) is 9.81. The summed E-state index contributed by atoms with van der Waals surface area (Å²) >= 11 is 15.5. The predicted octanol–water partition coefficient (Wildman–Crippen LogP) is 32.1. The molecule has 0 aliphatic rings. The van der Waals surface area contributed by atoms with Gasteiger partial charge in [0.1, 0.15) is 6.29 Å². The fourth-order valence-electron chi connectivity index (χ4n) is 14.0. The van der Waals surface area contributed by atoms with Crippen LogP contribution < -0.4 is 14.7 Å². The first-order valence-corrected chi connectivity index (χ1v) is 44.2. The zero-order valence-electron chi connectivity index (χ0n) is 65.5. The lowest BCUT2D eigenvalue weighted by molar-refractivity contribution is -0.176. The SMILES string of the molecule is C.CCOC(OCC)(P=O)c1ccc2c(Br)c3cc(CP(=O)(OCC)OCC)ccc3c(Br)c2c1.Cc1ccc(N(c2ccccc2)c2ccc(C=Cc3ccc4c(Br)c5cc(C=Cc6ccc(N(c7ccccc7)c7ccc(C)cc7)cc6)ccc5c(Br)c4c3)cc2)cc1.Cc1ccc(N(c2ccccc2)c2ccc(C=O)cc2)cc1. The quantitative estimate of drug-likeness (QED) is 0.0171. The monoisotopic (exact) mass is 1840 g/mol. The highest BCUT2D eigenvalue weighted by Crippen LogP contribution is 2.53. The molecule has 0 heterocycles. The highest BCUT2D eigenvalue weighted by Gasteiger charge is 2.36. The van der Waals surface area contributed by atoms with Crippen molar-refractivity contribution >= 4 is 205 Å². The summed E-state index contributed by atoms with van der Waals surface area (Å²) in [6, 6.07) is 107. The first kappa shape index (κ1) is 86.3. The van der Waals surface area contributed by atoms with Gasteiger partial charge in [-0.3, -0.25) is 13.9 Å². The molecule has 16 heteroatoms. The molecule has 15 aromatic rings. The van der Waals surface area contributed by atoms with E-state index in [1.54, 1.807) is 13.8 Å². The number of hydrogen-bond acceptors (Lipinski definition) is 10. The number of anilines is 9. The molecule has 0 bridgehead atoms. The fraction of sp³-hybridized carbons (Fsp3) is 0.139. The van der Waals surface area contributed by atoms with Crippen LogP contribution in [0.2, 0.25) is 0 Å². The smallest absolute Gasteiger partial charge is 0.335 e. The van der Waals surface area contributed by atoms with Gasteiger partial charge in [0, 0.05) is 93.4 Å². The van der Waals surface area contributed by atoms with Crippen molar-refractivity contribution < 1.29 is 32.4 Å². The minimum atomic E-state index is -3.22. The first-order valence-electron chi connectivity index (χ1n) is 38.5. The van der Waals surface area contributed by atoms with Crippen LogP contribution in [0.3, 0.4) is 0 Å². The molecule has 0 unspecified atom stereocenters. The molecule has 15 rings (SSSR count). The van der Waals surface area contributed by atoms with Gasteiger partial charge in [0.25, 0.3) is 5.53 Å². The maximum Gasteiger partial charge on any atom is 0.335 e. The second-order valence-electron chi connectivity index (χ2n) is 27.7. The Morgan fingerprint density at radius 2 is 0.615 bits per heavy atom. The average Bonchev–Trinajstić information content (AvgIpc) is 0.776. The Balaban J connectivity index is 0.000000185. The van der Waals surface area contributed by atoms with E-state index in [1.807, 2.05) is 92.7 Å². The van der Waals surface area contributed by atoms with E-state index in [0.29, 0.717) is 37.6 Å². The number of carbonyl (C=O) groups excluding carboxylic acids is 1. The van der Waals surface area contributed by atoms with Crippen molar-refractivity contribution in [2.75, 3.05) is 41.1 Å². The third kappa shape index (κ3) is 20.6. The second-order valence-corrected chi connectivity index (χ2v) is 33.7. The van der Waals surface area contributed by atoms with Gasteiger partial charge in [-0.05, 0) is 329 Å². The number of hydrogen-bond donors (Lipinski definition) is 0. The van der Waals surface area contributed by atoms with Crippen molar-refractivity contribution in [2.24, 2.45) is 0 Å². The lowest BCUT2D eigenvalue weighted by Gasteiger charge is -2.27. The summed E-state index contributed by atoms with van der Waals surface area (Å²) in [5.74, 6) is 0. The van der Waals surface area contributed by atoms with Crippen molar-refractivity contribution in [2.45, 2.75) is 67.6 Å². The van der Waals surface area contributed by atoms with Crippen LogP contribution in [0.1, 0.15) is 95.6 Å². The second kappa shape index (κ2) is 40.4. The molecular weight excluding hydrogens is 1750 g/mol. The molecule has 0 saturated heterocycles. The lowest BCUT2D eigenvalue weighted by atomic mass is 9.99. The van der Waals surface area contributed by atoms with Gasteiger partial charge >= 0.3 is 7.60 Å². The molecule has 0 aliphatic carbocycles. The molecule has 0 radical (unpaired) electrons. The van der Waals surface area contributed by atoms with Gasteiger partial charge in [0.15, 0.2) is 0 Å². The molecular formula is C101H91Br4N3O7P2. The van der Waals surface area contributed by atoms with Gasteiger partial charge in [-0.25, -0.2) is 0 Å². The Hall–Kier alpha value is -10.0. The molecule has 590 valence electrons. The Bertz CT molecular complexity index is 5800. The van der Waals surface area contributed by atoms with Crippen LogP contribution in [0.4, 0.5) is 51.2 Å². The van der Waals surface area contributed by atoms with Crippen LogP contribution in [0.5, 0.6) is 0 Å². The Morgan fingerprint density at radius 3 is 0.940 bits per heavy atom. The first-order chi connectivity index (χ1) is 56.4. The van der Waals surface area contributed by atoms with Crippen LogP contribution in [0.25, 0.3) is 67.4 Å². The van der Waals surface area contributed by atoms with Gasteiger partial charge in [-0.1, -0.05) is 212 Å². The summed E-state index contributed by atoms with van der Waals surface area (Å²) in [5.41, 5.74) is 19.1. The van der Waals surface area contributed by atoms with E-state index in [4.69, 9.17) is 18.5 Å². The summed E-state index contributed by atoms with van der Waals surface area (Å²) in [7, 11) is -3.49. The molecule has 0 aliphatic heterocycles. The molecule has 0 atom stereocenters. The minimum Gasteiger partial charge on any atom is -0.337 e. The van der Waals surface area contributed by atoms with E-state index < -0.39 is 13.1 Å². The standard InChI is InChI=1S/C56H42Br2N2.C24H28Br2O6P2.C20H17NO.CH4/c1-39-13-27-47(28-14-39)59(45-9-5-3-6-10-45)49-31-21-41(22-32-49)17-19-43-25-35-51-53(37-43)55(57)52-36-26-44(38-54(52)56(51)58)20-18-42-23-33-50(34-24-42)60(46-11-7-4-8-12-46)48-29-15-40(2)16-30-48;1-5-29-24(33-27,30-6-2)17-10-12-19-21(14-17)23(26)18-11-9-16(13-20(18)22(19)25)15-34(28,31-7-3)32-8-4;1-16-7-11-19(12-8-16)21(18-5-3-2-4-6-18)20-13-9-17(15-22)10-14-20;/h3-38H,1-2H3;9-14H,5-8,15H2,1-4H3;2-15H,1H3;1H4. The Labute approximate surface area is 722 Å². The predicted molar refractivity (Wildman–Crippen MR) is 508 cm³/mol. The van der Waals surface area contributed by atoms with Gasteiger partial charge in [0.2, 0.25) is 8.46 Å². The number of nitrogens with zero attached hydrogens (tertiary/aromatic N) is 3. The van der Waals surface area contributed by atoms with Gasteiger partial charge in [-0.15, -0.1) is 0 Å². The zero-order chi connectivity index (χ0) is 81.3. The topological polar surface area (TPSA) is 97.8 Å². The van der Waals surface area contributed by atoms with Gasteiger partial charge in [0.05, 0.1) is 19.4 Å². The Morgan fingerprint density at radius 1 is 0.333 bits per heavy atom. The van der Waals surface area contributed by atoms with Gasteiger partial charge in [-0.2, -0.15) is 0 Å². The summed E-state index contributed by atoms with van der Waals surface area (Å²) in [5, 5.41) is 8.49. The molecule has 0 aromatic heterocycles. The molecule has 117 heavy (non-hydrogen) atoms. The Kier molecular flexibility index (Phi) is 29.8. The number of para-hydroxylation sites is 3. The zero-order valence-corrected chi connectivity index (χ0v) is 73.6. The molecule has 0 amide bonds. The number of aryl methyl sites for hydroxylation is 3. The van der Waals surface area contributed by atoms with E-state index in [-0.39, 0.29) is 22.0 Å². The molecule has 15 aromatic carbocycles. The van der Waals surface area contributed by atoms with E-state index >= 15 is 0 Å². The number of halogens is 4.